The Morgan fingerprint density at radius 2 is 1.27 bits per heavy atom. The third-order valence-corrected chi connectivity index (χ3v) is 19.2. The van der Waals surface area contributed by atoms with Crippen molar-refractivity contribution >= 4 is 28.9 Å². The molecule has 4 rings (SSSR count). The third-order valence-electron chi connectivity index (χ3n) is 8.94. The van der Waals surface area contributed by atoms with E-state index in [1.807, 2.05) is 42.3 Å². The van der Waals surface area contributed by atoms with Gasteiger partial charge in [0.05, 0.1) is 24.7 Å². The number of benzene rings is 1. The van der Waals surface area contributed by atoms with E-state index >= 15 is 0 Å². The molecule has 0 aromatic heterocycles. The van der Waals surface area contributed by atoms with Crippen molar-refractivity contribution < 1.29 is 22.6 Å². The summed E-state index contributed by atoms with van der Waals surface area (Å²) in [4.78, 5) is 31.5. The van der Waals surface area contributed by atoms with Gasteiger partial charge in [-0.15, -0.1) is 0 Å². The van der Waals surface area contributed by atoms with Crippen molar-refractivity contribution in [2.24, 2.45) is 5.92 Å². The lowest BCUT2D eigenvalue weighted by atomic mass is 9.99. The number of carbonyl (C=O) groups is 2. The topological polar surface area (TPSA) is 68.3 Å². The average molecular weight is 547 g/mol. The predicted molar refractivity (Wildman–Crippen MR) is 149 cm³/mol. The molecule has 0 spiro atoms. The van der Waals surface area contributed by atoms with E-state index in [0.29, 0.717) is 13.0 Å². The van der Waals surface area contributed by atoms with Crippen molar-refractivity contribution in [3.8, 4) is 0 Å². The van der Waals surface area contributed by atoms with Gasteiger partial charge in [-0.05, 0) is 41.2 Å². The molecule has 206 valence electrons. The summed E-state index contributed by atoms with van der Waals surface area (Å²) in [5.74, 6) is -0.298. The number of rotatable bonds is 5. The highest BCUT2D eigenvalue weighted by molar-refractivity contribution is 6.83. The molecule has 3 bridgehead atoms. The molecule has 3 fully saturated rings. The summed E-state index contributed by atoms with van der Waals surface area (Å²) in [5, 5.41) is 0. The summed E-state index contributed by atoms with van der Waals surface area (Å²) < 4.78 is 21.4. The molecule has 3 aliphatic rings. The summed E-state index contributed by atoms with van der Waals surface area (Å²) in [5.41, 5.74) is 1.67. The van der Waals surface area contributed by atoms with E-state index in [2.05, 4.69) is 55.4 Å². The van der Waals surface area contributed by atoms with Gasteiger partial charge in [0.25, 0.3) is 0 Å². The average Bonchev–Trinajstić information content (AvgIpc) is 3.11. The van der Waals surface area contributed by atoms with Crippen LogP contribution in [0.25, 0.3) is 0 Å². The minimum Gasteiger partial charge on any atom is -0.414 e. The quantitative estimate of drug-likeness (QED) is 0.365. The highest BCUT2D eigenvalue weighted by Crippen LogP contribution is 2.47. The monoisotopic (exact) mass is 546 g/mol. The summed E-state index contributed by atoms with van der Waals surface area (Å²) >= 11 is 0. The van der Waals surface area contributed by atoms with E-state index in [1.165, 1.54) is 4.90 Å². The van der Waals surface area contributed by atoms with Gasteiger partial charge in [-0.25, -0.2) is 0 Å². The van der Waals surface area contributed by atoms with Crippen molar-refractivity contribution in [3.63, 3.8) is 0 Å². The van der Waals surface area contributed by atoms with Gasteiger partial charge >= 0.3 is 17.1 Å². The lowest BCUT2D eigenvalue weighted by molar-refractivity contribution is -0.161. The van der Waals surface area contributed by atoms with Gasteiger partial charge in [-0.2, -0.15) is 0 Å². The smallest absolute Gasteiger partial charge is 0.334 e. The van der Waals surface area contributed by atoms with Crippen LogP contribution in [0.4, 0.5) is 0 Å². The predicted octanol–water partition coefficient (Wildman–Crippen LogP) is 5.37. The number of piperazine rings is 1. The van der Waals surface area contributed by atoms with Gasteiger partial charge in [-0.3, -0.25) is 19.4 Å². The zero-order chi connectivity index (χ0) is 27.3. The maximum absolute atomic E-state index is 14.1. The van der Waals surface area contributed by atoms with Gasteiger partial charge in [0, 0.05) is 12.5 Å². The van der Waals surface area contributed by atoms with Gasteiger partial charge in [0.15, 0.2) is 0 Å². The van der Waals surface area contributed by atoms with Crippen LogP contribution in [0.15, 0.2) is 30.3 Å². The van der Waals surface area contributed by atoms with Gasteiger partial charge in [-0.1, -0.05) is 85.7 Å². The first kappa shape index (κ1) is 28.6. The first-order chi connectivity index (χ1) is 17.4. The Labute approximate surface area is 225 Å². The SMILES string of the molecule is CC(C)[Si]1(C(C)C)OC[C@@H]2C[C@@H]3C(=O)N(C(=O)[C@H]2N3C)[C@H](c2ccccc2)CO[Si](C(C)C)(C(C)C)O1. The number of imide groups is 1. The second-order valence-electron chi connectivity index (χ2n) is 12.4. The summed E-state index contributed by atoms with van der Waals surface area (Å²) in [6.07, 6.45) is 0.627. The fourth-order valence-electron chi connectivity index (χ4n) is 6.86. The van der Waals surface area contributed by atoms with Crippen molar-refractivity contribution in [1.29, 1.82) is 0 Å². The molecule has 1 aromatic rings. The van der Waals surface area contributed by atoms with Crippen LogP contribution in [0.5, 0.6) is 0 Å². The highest BCUT2D eigenvalue weighted by Gasteiger charge is 2.60. The number of amides is 2. The molecular weight excluding hydrogens is 500 g/mol. The van der Waals surface area contributed by atoms with Crippen molar-refractivity contribution in [3.05, 3.63) is 35.9 Å². The number of likely N-dealkylation sites (N-methyl/N-ethyl adjacent to an activating group) is 1. The maximum atomic E-state index is 14.1. The molecule has 37 heavy (non-hydrogen) atoms. The van der Waals surface area contributed by atoms with Crippen LogP contribution in [-0.2, 0) is 22.6 Å². The molecule has 0 N–H and O–H groups in total. The number of fused-ring (bicyclic) bond motifs is 2. The molecule has 0 saturated carbocycles. The highest BCUT2D eigenvalue weighted by atomic mass is 28.5. The van der Waals surface area contributed by atoms with Crippen LogP contribution in [0.3, 0.4) is 0 Å². The van der Waals surface area contributed by atoms with Gasteiger partial charge in [0.1, 0.15) is 0 Å². The Hall–Kier alpha value is -1.37. The Balaban J connectivity index is 1.90. The van der Waals surface area contributed by atoms with E-state index in [4.69, 9.17) is 13.0 Å². The minimum absolute atomic E-state index is 0.0460. The Kier molecular flexibility index (Phi) is 8.25. The molecule has 7 nitrogen and oxygen atoms in total. The molecular formula is C28H46N2O5Si2. The molecule has 1 aromatic carbocycles. The van der Waals surface area contributed by atoms with Crippen molar-refractivity contribution in [2.45, 2.75) is 102 Å². The summed E-state index contributed by atoms with van der Waals surface area (Å²) in [6.45, 7) is 18.3. The zero-order valence-electron chi connectivity index (χ0n) is 24.1. The van der Waals surface area contributed by atoms with E-state index < -0.39 is 23.2 Å². The summed E-state index contributed by atoms with van der Waals surface area (Å²) in [7, 11) is -3.77. The van der Waals surface area contributed by atoms with Crippen LogP contribution in [0.2, 0.25) is 22.2 Å². The molecule has 3 aliphatic heterocycles. The largest absolute Gasteiger partial charge is 0.414 e. The maximum Gasteiger partial charge on any atom is 0.334 e. The van der Waals surface area contributed by atoms with Crippen LogP contribution in [0, 0.1) is 5.92 Å². The van der Waals surface area contributed by atoms with Crippen LogP contribution < -0.4 is 0 Å². The van der Waals surface area contributed by atoms with Crippen molar-refractivity contribution in [2.75, 3.05) is 20.3 Å². The molecule has 2 amide bonds. The fourth-order valence-corrected chi connectivity index (χ4v) is 18.0. The van der Waals surface area contributed by atoms with E-state index in [-0.39, 0.29) is 58.6 Å². The second-order valence-corrected chi connectivity index (χ2v) is 21.3. The van der Waals surface area contributed by atoms with Crippen LogP contribution in [-0.4, -0.2) is 71.1 Å². The van der Waals surface area contributed by atoms with Crippen molar-refractivity contribution in [1.82, 2.24) is 9.80 Å². The number of hydrogen-bond donors (Lipinski definition) is 0. The first-order valence-corrected chi connectivity index (χ1v) is 17.9. The Bertz CT molecular complexity index is 970. The summed E-state index contributed by atoms with van der Waals surface area (Å²) in [6, 6.07) is 8.69. The Morgan fingerprint density at radius 1 is 0.757 bits per heavy atom. The third kappa shape index (κ3) is 4.70. The minimum atomic E-state index is -2.88. The number of carbonyl (C=O) groups excluding carboxylic acids is 2. The normalized spacial score (nSPS) is 30.5. The fraction of sp³-hybridized carbons (Fsp3) is 0.714. The van der Waals surface area contributed by atoms with E-state index in [1.54, 1.807) is 0 Å². The molecule has 0 radical (unpaired) electrons. The number of hydrogen-bond acceptors (Lipinski definition) is 6. The second kappa shape index (κ2) is 10.7. The van der Waals surface area contributed by atoms with E-state index in [9.17, 15) is 9.59 Å². The van der Waals surface area contributed by atoms with Crippen LogP contribution in [0.1, 0.15) is 73.4 Å². The molecule has 4 atom stereocenters. The zero-order valence-corrected chi connectivity index (χ0v) is 26.1. The molecule has 3 saturated heterocycles. The molecule has 0 aliphatic carbocycles. The van der Waals surface area contributed by atoms with Gasteiger partial charge < -0.3 is 13.0 Å². The van der Waals surface area contributed by atoms with Crippen LogP contribution >= 0.6 is 0 Å². The Morgan fingerprint density at radius 3 is 1.78 bits per heavy atom. The molecule has 9 heteroatoms. The lowest BCUT2D eigenvalue weighted by Gasteiger charge is -2.50. The standard InChI is InChI=1S/C28H46N2O5Si2/c1-18(2)36(19(3)4)33-16-23-15-24-27(31)30(28(32)26(23)29(24)9)25(22-13-11-10-12-14-22)17-34-37(35-36,20(5)6)21(7)8/h10-14,18-21,23-26H,15-17H2,1-9H3/t23-,24+,25-,26-/m0/s1. The van der Waals surface area contributed by atoms with E-state index in [0.717, 1.165) is 5.56 Å². The molecule has 0 unspecified atom stereocenters. The number of nitrogens with zero attached hydrogens (tertiary/aromatic N) is 2. The van der Waals surface area contributed by atoms with Gasteiger partial charge in [0.2, 0.25) is 11.8 Å². The lowest BCUT2D eigenvalue weighted by Crippen LogP contribution is -2.64. The first-order valence-electron chi connectivity index (χ1n) is 14.0. The molecule has 3 heterocycles.